The highest BCUT2D eigenvalue weighted by atomic mass is 32.2. The van der Waals surface area contributed by atoms with Gasteiger partial charge in [-0.3, -0.25) is 0 Å². The minimum atomic E-state index is -0.884. The van der Waals surface area contributed by atoms with Gasteiger partial charge in [0.1, 0.15) is 11.4 Å². The number of aromatic carboxylic acids is 1. The molecule has 2 aliphatic rings. The molecule has 0 atom stereocenters. The van der Waals surface area contributed by atoms with Gasteiger partial charge in [0.2, 0.25) is 0 Å². The highest BCUT2D eigenvalue weighted by molar-refractivity contribution is 8.00. The number of carboxylic acids is 1. The number of hydrogen-bond acceptors (Lipinski definition) is 4. The van der Waals surface area contributed by atoms with Crippen molar-refractivity contribution in [2.45, 2.75) is 49.7 Å². The van der Waals surface area contributed by atoms with Crippen LogP contribution < -0.4 is 5.32 Å². The lowest BCUT2D eigenvalue weighted by Crippen LogP contribution is -2.40. The average molecular weight is 306 g/mol. The zero-order chi connectivity index (χ0) is 14.9. The second kappa shape index (κ2) is 5.87. The average Bonchev–Trinajstić information content (AvgIpc) is 2.45. The summed E-state index contributed by atoms with van der Waals surface area (Å²) in [4.78, 5) is 16.1. The zero-order valence-corrected chi connectivity index (χ0v) is 13.3. The second-order valence-electron chi connectivity index (χ2n) is 6.10. The number of nitrogens with one attached hydrogen (secondary N) is 1. The molecule has 0 bridgehead atoms. The van der Waals surface area contributed by atoms with Crippen LogP contribution in [0.2, 0.25) is 0 Å². The number of aromatic nitrogens is 1. The van der Waals surface area contributed by atoms with Gasteiger partial charge in [-0.1, -0.05) is 6.42 Å². The minimum Gasteiger partial charge on any atom is -0.478 e. The lowest BCUT2D eigenvalue weighted by molar-refractivity contribution is 0.0697. The maximum atomic E-state index is 11.5. The summed E-state index contributed by atoms with van der Waals surface area (Å²) in [6.45, 7) is 0.806. The molecule has 2 N–H and O–H groups in total. The highest BCUT2D eigenvalue weighted by Gasteiger charge is 2.36. The van der Waals surface area contributed by atoms with Crippen molar-refractivity contribution in [2.24, 2.45) is 0 Å². The third-order valence-electron chi connectivity index (χ3n) is 4.81. The molecule has 0 aromatic carbocycles. The van der Waals surface area contributed by atoms with Crippen LogP contribution in [0.4, 0.5) is 5.82 Å². The van der Waals surface area contributed by atoms with Crippen molar-refractivity contribution in [1.82, 2.24) is 4.98 Å². The first-order chi connectivity index (χ1) is 10.1. The first-order valence-electron chi connectivity index (χ1n) is 7.69. The molecule has 0 radical (unpaired) electrons. The molecule has 1 saturated carbocycles. The lowest BCUT2D eigenvalue weighted by atomic mass is 9.84. The molecular formula is C16H22N2O2S. The SMILES string of the molecule is CSC1(CNc2nc3c(cc2C(=O)O)CCCC3)CCC1. The van der Waals surface area contributed by atoms with Crippen molar-refractivity contribution in [3.8, 4) is 0 Å². The summed E-state index contributed by atoms with van der Waals surface area (Å²) in [7, 11) is 0. The maximum Gasteiger partial charge on any atom is 0.339 e. The fourth-order valence-electron chi connectivity index (χ4n) is 3.20. The summed E-state index contributed by atoms with van der Waals surface area (Å²) in [6.07, 6.45) is 10.0. The fraction of sp³-hybridized carbons (Fsp3) is 0.625. The molecule has 114 valence electrons. The molecule has 3 rings (SSSR count). The van der Waals surface area contributed by atoms with E-state index in [4.69, 9.17) is 0 Å². The Bertz CT molecular complexity index is 550. The van der Waals surface area contributed by atoms with Gasteiger partial charge in [0, 0.05) is 17.0 Å². The van der Waals surface area contributed by atoms with E-state index in [9.17, 15) is 9.90 Å². The van der Waals surface area contributed by atoms with E-state index < -0.39 is 5.97 Å². The molecule has 4 nitrogen and oxygen atoms in total. The fourth-order valence-corrected chi connectivity index (χ4v) is 4.11. The normalized spacial score (nSPS) is 19.5. The lowest BCUT2D eigenvalue weighted by Gasteiger charge is -2.40. The number of carbonyl (C=O) groups is 1. The minimum absolute atomic E-state index is 0.271. The third kappa shape index (κ3) is 2.89. The molecule has 0 amide bonds. The van der Waals surface area contributed by atoms with Gasteiger partial charge >= 0.3 is 5.97 Å². The Kier molecular flexibility index (Phi) is 4.11. The Morgan fingerprint density at radius 3 is 2.76 bits per heavy atom. The van der Waals surface area contributed by atoms with Crippen molar-refractivity contribution in [3.05, 3.63) is 22.9 Å². The van der Waals surface area contributed by atoms with Crippen molar-refractivity contribution in [3.63, 3.8) is 0 Å². The third-order valence-corrected chi connectivity index (χ3v) is 6.23. The summed E-state index contributed by atoms with van der Waals surface area (Å²) in [5, 5.41) is 12.8. The number of aryl methyl sites for hydroxylation is 2. The Morgan fingerprint density at radius 1 is 1.38 bits per heavy atom. The molecular weight excluding hydrogens is 284 g/mol. The van der Waals surface area contributed by atoms with Gasteiger partial charge in [0.05, 0.1) is 0 Å². The van der Waals surface area contributed by atoms with Crippen molar-refractivity contribution in [1.29, 1.82) is 0 Å². The van der Waals surface area contributed by atoms with Crippen molar-refractivity contribution >= 4 is 23.5 Å². The summed E-state index contributed by atoms with van der Waals surface area (Å²) in [5.41, 5.74) is 2.53. The van der Waals surface area contributed by atoms with E-state index in [1.54, 1.807) is 0 Å². The monoisotopic (exact) mass is 306 g/mol. The molecule has 21 heavy (non-hydrogen) atoms. The molecule has 1 aromatic rings. The number of thioether (sulfide) groups is 1. The molecule has 0 saturated heterocycles. The molecule has 1 heterocycles. The van der Waals surface area contributed by atoms with E-state index in [-0.39, 0.29) is 4.75 Å². The number of hydrogen-bond donors (Lipinski definition) is 2. The number of anilines is 1. The van der Waals surface area contributed by atoms with Gasteiger partial charge in [-0.2, -0.15) is 11.8 Å². The van der Waals surface area contributed by atoms with E-state index in [2.05, 4.69) is 16.6 Å². The van der Waals surface area contributed by atoms with Crippen molar-refractivity contribution < 1.29 is 9.90 Å². The van der Waals surface area contributed by atoms with Gasteiger partial charge in [0.25, 0.3) is 0 Å². The predicted octanol–water partition coefficient (Wildman–Crippen LogP) is 3.36. The van der Waals surface area contributed by atoms with Crippen LogP contribution in [0, 0.1) is 0 Å². The van der Waals surface area contributed by atoms with Gasteiger partial charge in [-0.05, 0) is 56.4 Å². The standard InChI is InChI=1S/C16H22N2O2S/c1-21-16(7-4-8-16)10-17-14-12(15(19)20)9-11-5-2-3-6-13(11)18-14/h9H,2-8,10H2,1H3,(H,17,18)(H,19,20). The topological polar surface area (TPSA) is 62.2 Å². The van der Waals surface area contributed by atoms with E-state index >= 15 is 0 Å². The summed E-state index contributed by atoms with van der Waals surface area (Å²) >= 11 is 1.88. The summed E-state index contributed by atoms with van der Waals surface area (Å²) < 4.78 is 0.271. The van der Waals surface area contributed by atoms with Crippen LogP contribution >= 0.6 is 11.8 Å². The first-order valence-corrected chi connectivity index (χ1v) is 8.91. The van der Waals surface area contributed by atoms with E-state index in [0.717, 1.165) is 43.5 Å². The molecule has 2 aliphatic carbocycles. The maximum absolute atomic E-state index is 11.5. The first kappa shape index (κ1) is 14.7. The summed E-state index contributed by atoms with van der Waals surface area (Å²) in [6, 6.07) is 1.83. The van der Waals surface area contributed by atoms with Crippen LogP contribution in [0.3, 0.4) is 0 Å². The van der Waals surface area contributed by atoms with Crippen LogP contribution in [0.1, 0.15) is 53.7 Å². The van der Waals surface area contributed by atoms with Crippen LogP contribution in [-0.2, 0) is 12.8 Å². The van der Waals surface area contributed by atoms with Crippen LogP contribution in [0.15, 0.2) is 6.07 Å². The largest absolute Gasteiger partial charge is 0.478 e. The van der Waals surface area contributed by atoms with Gasteiger partial charge in [-0.25, -0.2) is 9.78 Å². The van der Waals surface area contributed by atoms with E-state index in [1.807, 2.05) is 17.8 Å². The molecule has 1 aromatic heterocycles. The number of pyridine rings is 1. The summed E-state index contributed by atoms with van der Waals surface area (Å²) in [5.74, 6) is -0.325. The second-order valence-corrected chi connectivity index (χ2v) is 7.37. The number of carboxylic acid groups (broad SMARTS) is 1. The molecule has 5 heteroatoms. The van der Waals surface area contributed by atoms with E-state index in [1.165, 1.54) is 19.3 Å². The Morgan fingerprint density at radius 2 is 2.14 bits per heavy atom. The molecule has 0 spiro atoms. The molecule has 0 aliphatic heterocycles. The van der Waals surface area contributed by atoms with Crippen LogP contribution in [0.5, 0.6) is 0 Å². The van der Waals surface area contributed by atoms with Crippen molar-refractivity contribution in [2.75, 3.05) is 18.1 Å². The smallest absolute Gasteiger partial charge is 0.339 e. The number of nitrogens with zero attached hydrogens (tertiary/aromatic N) is 1. The van der Waals surface area contributed by atoms with Crippen LogP contribution in [0.25, 0.3) is 0 Å². The molecule has 0 unspecified atom stereocenters. The Labute approximate surface area is 129 Å². The highest BCUT2D eigenvalue weighted by Crippen LogP contribution is 2.42. The Balaban J connectivity index is 1.84. The van der Waals surface area contributed by atoms with Gasteiger partial charge in [0.15, 0.2) is 0 Å². The van der Waals surface area contributed by atoms with E-state index in [0.29, 0.717) is 11.4 Å². The van der Waals surface area contributed by atoms with Gasteiger partial charge < -0.3 is 10.4 Å². The number of rotatable bonds is 5. The predicted molar refractivity (Wildman–Crippen MR) is 86.4 cm³/mol. The van der Waals surface area contributed by atoms with Crippen LogP contribution in [-0.4, -0.2) is 33.6 Å². The molecule has 1 fully saturated rings. The van der Waals surface area contributed by atoms with Gasteiger partial charge in [-0.15, -0.1) is 0 Å². The quantitative estimate of drug-likeness (QED) is 0.873. The number of fused-ring (bicyclic) bond motifs is 1. The Hall–Kier alpha value is -1.23. The zero-order valence-electron chi connectivity index (χ0n) is 12.4.